The topological polar surface area (TPSA) is 75.7 Å². The minimum Gasteiger partial charge on any atom is -0.444 e. The third kappa shape index (κ3) is 5.82. The summed E-state index contributed by atoms with van der Waals surface area (Å²) in [5.41, 5.74) is -0.512. The lowest BCUT2D eigenvalue weighted by Crippen LogP contribution is -2.46. The number of ether oxygens (including phenoxy) is 1. The van der Waals surface area contributed by atoms with Gasteiger partial charge in [-0.25, -0.2) is 17.5 Å². The zero-order valence-electron chi connectivity index (χ0n) is 13.7. The molecular formula is C14H28N2O4S. The van der Waals surface area contributed by atoms with E-state index in [1.165, 1.54) is 0 Å². The molecule has 1 aliphatic heterocycles. The molecule has 21 heavy (non-hydrogen) atoms. The lowest BCUT2D eigenvalue weighted by molar-refractivity contribution is 0.0481. The molecule has 1 fully saturated rings. The molecule has 124 valence electrons. The van der Waals surface area contributed by atoms with Gasteiger partial charge in [-0.3, -0.25) is 0 Å². The van der Waals surface area contributed by atoms with Gasteiger partial charge in [0.1, 0.15) is 5.60 Å². The van der Waals surface area contributed by atoms with Gasteiger partial charge in [0.05, 0.1) is 5.75 Å². The van der Waals surface area contributed by atoms with E-state index in [-0.39, 0.29) is 17.7 Å². The molecule has 0 aliphatic carbocycles. The van der Waals surface area contributed by atoms with Crippen molar-refractivity contribution in [2.45, 2.75) is 59.1 Å². The molecule has 1 N–H and O–H groups in total. The first-order chi connectivity index (χ1) is 9.55. The summed E-state index contributed by atoms with van der Waals surface area (Å²) in [4.78, 5) is 11.7. The van der Waals surface area contributed by atoms with E-state index in [0.717, 1.165) is 12.8 Å². The molecule has 0 radical (unpaired) electrons. The summed E-state index contributed by atoms with van der Waals surface area (Å²) in [6.45, 7) is 10.1. The minimum atomic E-state index is -3.10. The molecule has 0 aromatic heterocycles. The van der Waals surface area contributed by atoms with E-state index in [0.29, 0.717) is 13.1 Å². The van der Waals surface area contributed by atoms with Gasteiger partial charge in [-0.05, 0) is 53.4 Å². The number of rotatable bonds is 4. The summed E-state index contributed by atoms with van der Waals surface area (Å²) in [6.07, 6.45) is 1.10. The van der Waals surface area contributed by atoms with Crippen molar-refractivity contribution < 1.29 is 17.9 Å². The molecule has 1 heterocycles. The molecule has 1 atom stereocenters. The van der Waals surface area contributed by atoms with Gasteiger partial charge in [-0.2, -0.15) is 0 Å². The molecule has 7 heteroatoms. The normalized spacial score (nSPS) is 20.0. The smallest absolute Gasteiger partial charge is 0.407 e. The predicted octanol–water partition coefficient (Wildman–Crippen LogP) is 1.96. The zero-order valence-corrected chi connectivity index (χ0v) is 14.5. The molecule has 0 unspecified atom stereocenters. The monoisotopic (exact) mass is 320 g/mol. The van der Waals surface area contributed by atoms with Crippen molar-refractivity contribution in [2.75, 3.05) is 18.8 Å². The first-order valence-electron chi connectivity index (χ1n) is 7.52. The number of amides is 1. The number of alkyl carbamates (subject to hydrolysis) is 1. The average Bonchev–Trinajstić information content (AvgIpc) is 2.36. The van der Waals surface area contributed by atoms with Crippen LogP contribution in [0.3, 0.4) is 0 Å². The number of nitrogens with zero attached hydrogens (tertiary/aromatic N) is 1. The van der Waals surface area contributed by atoms with Crippen LogP contribution in [0.15, 0.2) is 0 Å². The predicted molar refractivity (Wildman–Crippen MR) is 82.6 cm³/mol. The molecule has 1 aliphatic rings. The summed E-state index contributed by atoms with van der Waals surface area (Å²) in [5.74, 6) is 0.421. The Morgan fingerprint density at radius 3 is 2.29 bits per heavy atom. The summed E-state index contributed by atoms with van der Waals surface area (Å²) in [5, 5.41) is 2.84. The number of carbonyl (C=O) groups excluding carboxylic acids is 1. The van der Waals surface area contributed by atoms with Gasteiger partial charge in [0, 0.05) is 19.1 Å². The highest BCUT2D eigenvalue weighted by Gasteiger charge is 2.30. The number of sulfonamides is 1. The van der Waals surface area contributed by atoms with Crippen LogP contribution in [0.4, 0.5) is 4.79 Å². The Hall–Kier alpha value is -0.820. The van der Waals surface area contributed by atoms with Gasteiger partial charge in [-0.1, -0.05) is 0 Å². The van der Waals surface area contributed by atoms with Crippen molar-refractivity contribution in [3.8, 4) is 0 Å². The molecule has 1 amide bonds. The fourth-order valence-corrected chi connectivity index (χ4v) is 3.58. The first-order valence-corrected chi connectivity index (χ1v) is 9.13. The molecule has 6 nitrogen and oxygen atoms in total. The number of hydrogen-bond donors (Lipinski definition) is 1. The van der Waals surface area contributed by atoms with Crippen LogP contribution < -0.4 is 5.32 Å². The number of hydrogen-bond acceptors (Lipinski definition) is 4. The molecule has 0 saturated carbocycles. The highest BCUT2D eigenvalue weighted by atomic mass is 32.2. The van der Waals surface area contributed by atoms with Gasteiger partial charge in [0.2, 0.25) is 10.0 Å². The van der Waals surface area contributed by atoms with Gasteiger partial charge in [-0.15, -0.1) is 0 Å². The van der Waals surface area contributed by atoms with Crippen LogP contribution in [-0.4, -0.2) is 49.3 Å². The van der Waals surface area contributed by atoms with Crippen LogP contribution in [0.5, 0.6) is 0 Å². The first kappa shape index (κ1) is 18.2. The lowest BCUT2D eigenvalue weighted by atomic mass is 9.91. The summed E-state index contributed by atoms with van der Waals surface area (Å²) in [6, 6.07) is -0.0219. The second-order valence-electron chi connectivity index (χ2n) is 6.57. The van der Waals surface area contributed by atoms with Crippen LogP contribution in [-0.2, 0) is 14.8 Å². The molecule has 1 saturated heterocycles. The minimum absolute atomic E-state index is 0.0219. The number of nitrogens with one attached hydrogen (secondary N) is 1. The summed E-state index contributed by atoms with van der Waals surface area (Å²) in [7, 11) is -3.10. The van der Waals surface area contributed by atoms with Crippen molar-refractivity contribution in [2.24, 2.45) is 5.92 Å². The molecule has 0 aromatic rings. The van der Waals surface area contributed by atoms with Crippen molar-refractivity contribution in [3.05, 3.63) is 0 Å². The zero-order chi connectivity index (χ0) is 16.3. The van der Waals surface area contributed by atoms with Crippen molar-refractivity contribution in [3.63, 3.8) is 0 Å². The Labute approximate surface area is 128 Å². The second kappa shape index (κ2) is 6.96. The van der Waals surface area contributed by atoms with Gasteiger partial charge in [0.15, 0.2) is 0 Å². The van der Waals surface area contributed by atoms with E-state index in [4.69, 9.17) is 4.74 Å². The van der Waals surface area contributed by atoms with Crippen molar-refractivity contribution >= 4 is 16.1 Å². The molecule has 0 spiro atoms. The third-order valence-electron chi connectivity index (χ3n) is 3.71. The highest BCUT2D eigenvalue weighted by molar-refractivity contribution is 7.89. The van der Waals surface area contributed by atoms with Crippen LogP contribution in [0.25, 0.3) is 0 Å². The standard InChI is InChI=1S/C14H28N2O4S/c1-6-21(18,19)16-9-7-12(8-10-16)11(2)15-13(17)20-14(3,4)5/h11-12H,6-10H2,1-5H3,(H,15,17)/t11-/m1/s1. The SMILES string of the molecule is CCS(=O)(=O)N1CCC([C@@H](C)NC(=O)OC(C)(C)C)CC1. The van der Waals surface area contributed by atoms with Gasteiger partial charge in [0.25, 0.3) is 0 Å². The maximum atomic E-state index is 11.8. The lowest BCUT2D eigenvalue weighted by Gasteiger charge is -2.34. The van der Waals surface area contributed by atoms with Gasteiger partial charge < -0.3 is 10.1 Å². The Morgan fingerprint density at radius 1 is 1.33 bits per heavy atom. The Kier molecular flexibility index (Phi) is 6.04. The molecule has 0 bridgehead atoms. The quantitative estimate of drug-likeness (QED) is 0.859. The third-order valence-corrected chi connectivity index (χ3v) is 5.59. The van der Waals surface area contributed by atoms with E-state index in [2.05, 4.69) is 5.32 Å². The second-order valence-corrected chi connectivity index (χ2v) is 8.83. The summed E-state index contributed by atoms with van der Waals surface area (Å²) < 4.78 is 30.4. The molecular weight excluding hydrogens is 292 g/mol. The largest absolute Gasteiger partial charge is 0.444 e. The summed E-state index contributed by atoms with van der Waals surface area (Å²) >= 11 is 0. The Balaban J connectivity index is 2.45. The van der Waals surface area contributed by atoms with E-state index in [1.807, 2.05) is 27.7 Å². The maximum Gasteiger partial charge on any atom is 0.407 e. The molecule has 1 rings (SSSR count). The van der Waals surface area contributed by atoms with Gasteiger partial charge >= 0.3 is 6.09 Å². The van der Waals surface area contributed by atoms with Crippen LogP contribution in [0, 0.1) is 5.92 Å². The van der Waals surface area contributed by atoms with E-state index in [9.17, 15) is 13.2 Å². The fraction of sp³-hybridized carbons (Fsp3) is 0.929. The number of carbonyl (C=O) groups is 1. The average molecular weight is 320 g/mol. The van der Waals surface area contributed by atoms with E-state index < -0.39 is 21.7 Å². The highest BCUT2D eigenvalue weighted by Crippen LogP contribution is 2.23. The Morgan fingerprint density at radius 2 is 1.86 bits per heavy atom. The van der Waals surface area contributed by atoms with Crippen LogP contribution >= 0.6 is 0 Å². The van der Waals surface area contributed by atoms with E-state index in [1.54, 1.807) is 11.2 Å². The Bertz CT molecular complexity index is 448. The van der Waals surface area contributed by atoms with E-state index >= 15 is 0 Å². The van der Waals surface area contributed by atoms with Crippen molar-refractivity contribution in [1.82, 2.24) is 9.62 Å². The number of piperidine rings is 1. The fourth-order valence-electron chi connectivity index (χ4n) is 2.45. The van der Waals surface area contributed by atoms with Crippen LogP contribution in [0.2, 0.25) is 0 Å². The van der Waals surface area contributed by atoms with Crippen LogP contribution in [0.1, 0.15) is 47.5 Å². The maximum absolute atomic E-state index is 11.8. The molecule has 0 aromatic carbocycles. The van der Waals surface area contributed by atoms with Crippen molar-refractivity contribution in [1.29, 1.82) is 0 Å².